The molecule has 0 aliphatic heterocycles. The lowest BCUT2D eigenvalue weighted by Gasteiger charge is -2.15. The quantitative estimate of drug-likeness (QED) is 0.844. The first-order valence-corrected chi connectivity index (χ1v) is 8.84. The van der Waals surface area contributed by atoms with Crippen LogP contribution in [0.4, 0.5) is 0 Å². The van der Waals surface area contributed by atoms with Crippen LogP contribution in [0.5, 0.6) is 5.75 Å². The van der Waals surface area contributed by atoms with E-state index in [0.717, 1.165) is 30.7 Å². The zero-order chi connectivity index (χ0) is 17.6. The van der Waals surface area contributed by atoms with E-state index < -0.39 is 0 Å². The Morgan fingerprint density at radius 1 is 1.08 bits per heavy atom. The first-order chi connectivity index (χ1) is 12.1. The van der Waals surface area contributed by atoms with Crippen LogP contribution in [0.15, 0.2) is 42.5 Å². The smallest absolute Gasteiger partial charge is 0.258 e. The number of amides is 1. The Morgan fingerprint density at radius 3 is 2.64 bits per heavy atom. The number of nitrogens with one attached hydrogen (secondary N) is 1. The summed E-state index contributed by atoms with van der Waals surface area (Å²) in [4.78, 5) is 14.2. The van der Waals surface area contributed by atoms with Crippen molar-refractivity contribution in [1.29, 1.82) is 0 Å². The van der Waals surface area contributed by atoms with Crippen molar-refractivity contribution < 1.29 is 9.53 Å². The Bertz CT molecular complexity index is 740. The molecule has 4 nitrogen and oxygen atoms in total. The number of carbonyl (C=O) groups is 1. The molecule has 0 heterocycles. The molecule has 0 fully saturated rings. The highest BCUT2D eigenvalue weighted by molar-refractivity contribution is 5.77. The molecule has 3 rings (SSSR count). The molecule has 0 saturated carbocycles. The van der Waals surface area contributed by atoms with Crippen molar-refractivity contribution in [1.82, 2.24) is 10.2 Å². The third kappa shape index (κ3) is 4.83. The van der Waals surface area contributed by atoms with E-state index in [0.29, 0.717) is 6.54 Å². The van der Waals surface area contributed by atoms with Crippen molar-refractivity contribution >= 4 is 5.91 Å². The number of rotatable bonds is 7. The van der Waals surface area contributed by atoms with E-state index in [1.54, 1.807) is 0 Å². The number of nitrogens with zero attached hydrogens (tertiary/aromatic N) is 1. The van der Waals surface area contributed by atoms with E-state index in [2.05, 4.69) is 34.5 Å². The minimum Gasteiger partial charge on any atom is -0.484 e. The summed E-state index contributed by atoms with van der Waals surface area (Å²) in [7, 11) is 4.08. The van der Waals surface area contributed by atoms with E-state index >= 15 is 0 Å². The average Bonchev–Trinajstić information content (AvgIpc) is 3.06. The largest absolute Gasteiger partial charge is 0.484 e. The van der Waals surface area contributed by atoms with Gasteiger partial charge in [-0.3, -0.25) is 4.79 Å². The first-order valence-electron chi connectivity index (χ1n) is 8.84. The Hall–Kier alpha value is -2.33. The van der Waals surface area contributed by atoms with Crippen LogP contribution in [-0.4, -0.2) is 31.5 Å². The summed E-state index contributed by atoms with van der Waals surface area (Å²) in [5.41, 5.74) is 5.14. The minimum atomic E-state index is -0.0971. The van der Waals surface area contributed by atoms with Gasteiger partial charge < -0.3 is 15.0 Å². The molecule has 0 aromatic heterocycles. The second-order valence-corrected chi connectivity index (χ2v) is 6.86. The van der Waals surface area contributed by atoms with Crippen LogP contribution in [0.1, 0.15) is 28.7 Å². The van der Waals surface area contributed by atoms with Crippen LogP contribution in [0.25, 0.3) is 0 Å². The zero-order valence-corrected chi connectivity index (χ0v) is 15.0. The highest BCUT2D eigenvalue weighted by atomic mass is 16.5. The highest BCUT2D eigenvalue weighted by Gasteiger charge is 2.12. The normalized spacial score (nSPS) is 12.9. The van der Waals surface area contributed by atoms with Gasteiger partial charge in [-0.25, -0.2) is 0 Å². The number of carbonyl (C=O) groups excluding carboxylic acids is 1. The summed E-state index contributed by atoms with van der Waals surface area (Å²) in [5, 5.41) is 2.95. The molecule has 1 aliphatic carbocycles. The lowest BCUT2D eigenvalue weighted by Crippen LogP contribution is -2.29. The van der Waals surface area contributed by atoms with Gasteiger partial charge in [0.1, 0.15) is 5.75 Å². The molecular weight excluding hydrogens is 312 g/mol. The Balaban J connectivity index is 1.50. The van der Waals surface area contributed by atoms with Gasteiger partial charge in [-0.15, -0.1) is 0 Å². The Morgan fingerprint density at radius 2 is 1.84 bits per heavy atom. The van der Waals surface area contributed by atoms with Crippen LogP contribution < -0.4 is 10.1 Å². The summed E-state index contributed by atoms with van der Waals surface area (Å²) < 4.78 is 5.66. The third-order valence-electron chi connectivity index (χ3n) is 4.52. The predicted molar refractivity (Wildman–Crippen MR) is 99.6 cm³/mol. The van der Waals surface area contributed by atoms with Crippen LogP contribution in [0.2, 0.25) is 0 Å². The summed E-state index contributed by atoms with van der Waals surface area (Å²) >= 11 is 0. The first kappa shape index (κ1) is 17.5. The molecule has 4 heteroatoms. The molecule has 0 unspecified atom stereocenters. The molecule has 0 radical (unpaired) electrons. The summed E-state index contributed by atoms with van der Waals surface area (Å²) in [6.07, 6.45) is 3.48. The number of hydrogen-bond donors (Lipinski definition) is 1. The summed E-state index contributed by atoms with van der Waals surface area (Å²) in [6.45, 7) is 1.43. The van der Waals surface area contributed by atoms with E-state index in [1.165, 1.54) is 23.1 Å². The topological polar surface area (TPSA) is 41.6 Å². The zero-order valence-electron chi connectivity index (χ0n) is 15.0. The standard InChI is InChI=1S/C21H26N2O2/c1-23(2)14-19-7-4-3-6-18(19)13-22-21(24)15-25-20-11-10-16-8-5-9-17(16)12-20/h3-4,6-7,10-12H,5,8-9,13-15H2,1-2H3,(H,22,24). The number of ether oxygens (including phenoxy) is 1. The maximum atomic E-state index is 12.1. The van der Waals surface area contributed by atoms with Gasteiger partial charge in [-0.2, -0.15) is 0 Å². The molecule has 1 amide bonds. The number of fused-ring (bicyclic) bond motifs is 1. The Labute approximate surface area is 149 Å². The summed E-state index contributed by atoms with van der Waals surface area (Å²) in [6, 6.07) is 14.3. The van der Waals surface area contributed by atoms with Crippen molar-refractivity contribution in [2.45, 2.75) is 32.4 Å². The number of benzene rings is 2. The van der Waals surface area contributed by atoms with Crippen molar-refractivity contribution in [3.05, 3.63) is 64.7 Å². The van der Waals surface area contributed by atoms with Crippen molar-refractivity contribution in [2.75, 3.05) is 20.7 Å². The average molecular weight is 338 g/mol. The van der Waals surface area contributed by atoms with Gasteiger partial charge in [0, 0.05) is 13.1 Å². The van der Waals surface area contributed by atoms with E-state index in [1.807, 2.05) is 32.3 Å². The van der Waals surface area contributed by atoms with Gasteiger partial charge in [0.25, 0.3) is 5.91 Å². The molecule has 1 aliphatic rings. The molecule has 25 heavy (non-hydrogen) atoms. The molecule has 132 valence electrons. The van der Waals surface area contributed by atoms with Crippen molar-refractivity contribution in [3.8, 4) is 5.75 Å². The predicted octanol–water partition coefficient (Wildman–Crippen LogP) is 2.93. The molecular formula is C21H26N2O2. The fourth-order valence-corrected chi connectivity index (χ4v) is 3.26. The van der Waals surface area contributed by atoms with E-state index in [-0.39, 0.29) is 12.5 Å². The van der Waals surface area contributed by atoms with E-state index in [4.69, 9.17) is 4.74 Å². The van der Waals surface area contributed by atoms with Gasteiger partial charge in [0.2, 0.25) is 0 Å². The van der Waals surface area contributed by atoms with Crippen LogP contribution in [-0.2, 0) is 30.7 Å². The van der Waals surface area contributed by atoms with Gasteiger partial charge in [-0.05, 0) is 67.7 Å². The number of hydrogen-bond acceptors (Lipinski definition) is 3. The second-order valence-electron chi connectivity index (χ2n) is 6.86. The summed E-state index contributed by atoms with van der Waals surface area (Å²) in [5.74, 6) is 0.684. The SMILES string of the molecule is CN(C)Cc1ccccc1CNC(=O)COc1ccc2c(c1)CCC2. The maximum Gasteiger partial charge on any atom is 0.258 e. The number of aryl methyl sites for hydroxylation is 2. The second kappa shape index (κ2) is 8.17. The molecule has 2 aromatic carbocycles. The third-order valence-corrected chi connectivity index (χ3v) is 4.52. The van der Waals surface area contributed by atoms with Crippen molar-refractivity contribution in [3.63, 3.8) is 0 Å². The van der Waals surface area contributed by atoms with Gasteiger partial charge in [-0.1, -0.05) is 30.3 Å². The van der Waals surface area contributed by atoms with Crippen LogP contribution in [0.3, 0.4) is 0 Å². The highest BCUT2D eigenvalue weighted by Crippen LogP contribution is 2.25. The molecule has 0 bridgehead atoms. The monoisotopic (exact) mass is 338 g/mol. The molecule has 0 spiro atoms. The maximum absolute atomic E-state index is 12.1. The van der Waals surface area contributed by atoms with Crippen LogP contribution >= 0.6 is 0 Å². The van der Waals surface area contributed by atoms with Crippen LogP contribution in [0, 0.1) is 0 Å². The fourth-order valence-electron chi connectivity index (χ4n) is 3.26. The lowest BCUT2D eigenvalue weighted by molar-refractivity contribution is -0.123. The lowest BCUT2D eigenvalue weighted by atomic mass is 10.1. The fraction of sp³-hybridized carbons (Fsp3) is 0.381. The van der Waals surface area contributed by atoms with Gasteiger partial charge in [0.15, 0.2) is 6.61 Å². The van der Waals surface area contributed by atoms with Gasteiger partial charge in [0.05, 0.1) is 0 Å². The molecule has 2 aromatic rings. The Kier molecular flexibility index (Phi) is 5.71. The molecule has 0 saturated heterocycles. The van der Waals surface area contributed by atoms with E-state index in [9.17, 15) is 4.79 Å². The van der Waals surface area contributed by atoms with Gasteiger partial charge >= 0.3 is 0 Å². The van der Waals surface area contributed by atoms with Crippen molar-refractivity contribution in [2.24, 2.45) is 0 Å². The molecule has 1 N–H and O–H groups in total. The molecule has 0 atom stereocenters. The minimum absolute atomic E-state index is 0.0502.